The lowest BCUT2D eigenvalue weighted by atomic mass is 9.83. The summed E-state index contributed by atoms with van der Waals surface area (Å²) in [5.41, 5.74) is 5.78. The molecule has 1 aliphatic carbocycles. The fraction of sp³-hybridized carbons (Fsp3) is 0.846. The van der Waals surface area contributed by atoms with Crippen molar-refractivity contribution in [3.8, 4) is 0 Å². The van der Waals surface area contributed by atoms with Crippen molar-refractivity contribution in [2.45, 2.75) is 57.5 Å². The molecule has 5 heteroatoms. The summed E-state index contributed by atoms with van der Waals surface area (Å²) in [6.07, 6.45) is 5.78. The van der Waals surface area contributed by atoms with Crippen molar-refractivity contribution in [1.29, 1.82) is 0 Å². The fourth-order valence-corrected chi connectivity index (χ4v) is 3.15. The lowest BCUT2D eigenvalue weighted by Crippen LogP contribution is -2.48. The van der Waals surface area contributed by atoms with E-state index in [1.54, 1.807) is 0 Å². The van der Waals surface area contributed by atoms with E-state index in [2.05, 4.69) is 5.32 Å². The molecule has 3 unspecified atom stereocenters. The van der Waals surface area contributed by atoms with Crippen LogP contribution in [0.25, 0.3) is 0 Å². The van der Waals surface area contributed by atoms with Gasteiger partial charge >= 0.3 is 6.03 Å². The van der Waals surface area contributed by atoms with E-state index in [0.717, 1.165) is 38.5 Å². The molecule has 5 nitrogen and oxygen atoms in total. The number of nitrogens with one attached hydrogen (secondary N) is 1. The van der Waals surface area contributed by atoms with Gasteiger partial charge in [-0.2, -0.15) is 0 Å². The van der Waals surface area contributed by atoms with Crippen molar-refractivity contribution in [2.75, 3.05) is 6.54 Å². The fourth-order valence-electron chi connectivity index (χ4n) is 3.15. The third-order valence-corrected chi connectivity index (χ3v) is 4.13. The van der Waals surface area contributed by atoms with Crippen molar-refractivity contribution in [3.05, 3.63) is 0 Å². The monoisotopic (exact) mass is 253 g/mol. The largest absolute Gasteiger partial charge is 0.330 e. The Morgan fingerprint density at radius 2 is 2.06 bits per heavy atom. The summed E-state index contributed by atoms with van der Waals surface area (Å²) < 4.78 is 0. The number of carbonyl (C=O) groups is 2. The SMILES string of the molecule is CCCC1NC(=O)N(C2CCCCC2CN)C1=O. The van der Waals surface area contributed by atoms with Crippen LogP contribution in [0, 0.1) is 5.92 Å². The number of hydrogen-bond donors (Lipinski definition) is 2. The van der Waals surface area contributed by atoms with Crippen LogP contribution in [0.3, 0.4) is 0 Å². The third kappa shape index (κ3) is 2.36. The Bertz CT molecular complexity index is 332. The highest BCUT2D eigenvalue weighted by Crippen LogP contribution is 2.30. The highest BCUT2D eigenvalue weighted by molar-refractivity contribution is 6.04. The van der Waals surface area contributed by atoms with Crippen LogP contribution in [0.15, 0.2) is 0 Å². The standard InChI is InChI=1S/C13H23N3O2/c1-2-5-10-12(17)16(13(18)15-10)11-7-4-3-6-9(11)8-14/h9-11H,2-8,14H2,1H3,(H,15,18). The molecule has 0 bridgehead atoms. The van der Waals surface area contributed by atoms with E-state index in [0.29, 0.717) is 6.54 Å². The van der Waals surface area contributed by atoms with Crippen LogP contribution in [0.2, 0.25) is 0 Å². The number of nitrogens with two attached hydrogens (primary N) is 1. The van der Waals surface area contributed by atoms with E-state index in [-0.39, 0.29) is 29.9 Å². The minimum absolute atomic E-state index is 0.0121. The molecule has 0 radical (unpaired) electrons. The average molecular weight is 253 g/mol. The van der Waals surface area contributed by atoms with Crippen LogP contribution in [-0.2, 0) is 4.79 Å². The summed E-state index contributed by atoms with van der Waals surface area (Å²) in [6.45, 7) is 2.57. The molecule has 3 N–H and O–H groups in total. The smallest absolute Gasteiger partial charge is 0.325 e. The van der Waals surface area contributed by atoms with Gasteiger partial charge < -0.3 is 11.1 Å². The first-order chi connectivity index (χ1) is 8.69. The first-order valence-electron chi connectivity index (χ1n) is 7.02. The molecule has 1 saturated carbocycles. The van der Waals surface area contributed by atoms with Gasteiger partial charge in [-0.15, -0.1) is 0 Å². The van der Waals surface area contributed by atoms with Crippen LogP contribution in [0.1, 0.15) is 45.4 Å². The third-order valence-electron chi connectivity index (χ3n) is 4.13. The number of rotatable bonds is 4. The first kappa shape index (κ1) is 13.3. The quantitative estimate of drug-likeness (QED) is 0.740. The molecule has 0 aromatic carbocycles. The van der Waals surface area contributed by atoms with Gasteiger partial charge in [0, 0.05) is 6.04 Å². The predicted octanol–water partition coefficient (Wildman–Crippen LogP) is 1.22. The van der Waals surface area contributed by atoms with Crippen LogP contribution >= 0.6 is 0 Å². The lowest BCUT2D eigenvalue weighted by molar-refractivity contribution is -0.130. The second-order valence-electron chi connectivity index (χ2n) is 5.35. The summed E-state index contributed by atoms with van der Waals surface area (Å²) in [5.74, 6) is 0.223. The maximum atomic E-state index is 12.3. The van der Waals surface area contributed by atoms with Gasteiger partial charge in [0.05, 0.1) is 0 Å². The number of urea groups is 1. The Morgan fingerprint density at radius 1 is 1.33 bits per heavy atom. The molecule has 0 aromatic heterocycles. The van der Waals surface area contributed by atoms with Crippen molar-refractivity contribution in [3.63, 3.8) is 0 Å². The summed E-state index contributed by atoms with van der Waals surface area (Å²) in [7, 11) is 0. The molecule has 1 aliphatic heterocycles. The van der Waals surface area contributed by atoms with Gasteiger partial charge in [0.2, 0.25) is 0 Å². The van der Waals surface area contributed by atoms with Crippen LogP contribution < -0.4 is 11.1 Å². The number of hydrogen-bond acceptors (Lipinski definition) is 3. The van der Waals surface area contributed by atoms with E-state index in [9.17, 15) is 9.59 Å². The number of nitrogens with zero attached hydrogens (tertiary/aromatic N) is 1. The summed E-state index contributed by atoms with van der Waals surface area (Å²) in [4.78, 5) is 25.7. The normalized spacial score (nSPS) is 32.8. The zero-order valence-corrected chi connectivity index (χ0v) is 11.0. The van der Waals surface area contributed by atoms with Gasteiger partial charge in [0.15, 0.2) is 0 Å². The van der Waals surface area contributed by atoms with Gasteiger partial charge in [-0.25, -0.2) is 4.79 Å². The van der Waals surface area contributed by atoms with Crippen LogP contribution in [-0.4, -0.2) is 35.5 Å². The first-order valence-corrected chi connectivity index (χ1v) is 7.02. The Kier molecular flexibility index (Phi) is 4.22. The Balaban J connectivity index is 2.11. The van der Waals surface area contributed by atoms with Crippen molar-refractivity contribution in [1.82, 2.24) is 10.2 Å². The topological polar surface area (TPSA) is 75.4 Å². The summed E-state index contributed by atoms with van der Waals surface area (Å²) >= 11 is 0. The second-order valence-corrected chi connectivity index (χ2v) is 5.35. The van der Waals surface area contributed by atoms with E-state index in [4.69, 9.17) is 5.73 Å². The zero-order valence-electron chi connectivity index (χ0n) is 11.0. The highest BCUT2D eigenvalue weighted by Gasteiger charge is 2.44. The summed E-state index contributed by atoms with van der Waals surface area (Å²) in [5, 5.41) is 2.79. The van der Waals surface area contributed by atoms with Crippen molar-refractivity contribution < 1.29 is 9.59 Å². The second kappa shape index (κ2) is 5.69. The Hall–Kier alpha value is -1.10. The molecule has 2 rings (SSSR count). The van der Waals surface area contributed by atoms with Gasteiger partial charge in [0.1, 0.15) is 6.04 Å². The minimum Gasteiger partial charge on any atom is -0.330 e. The van der Waals surface area contributed by atoms with E-state index >= 15 is 0 Å². The molecule has 102 valence electrons. The van der Waals surface area contributed by atoms with Gasteiger partial charge in [0.25, 0.3) is 5.91 Å². The Morgan fingerprint density at radius 3 is 2.72 bits per heavy atom. The molecular weight excluding hydrogens is 230 g/mol. The molecule has 3 amide bonds. The van der Waals surface area contributed by atoms with Gasteiger partial charge in [-0.05, 0) is 31.7 Å². The molecular formula is C13H23N3O2. The number of carbonyl (C=O) groups excluding carboxylic acids is 2. The average Bonchev–Trinajstić information content (AvgIpc) is 2.65. The highest BCUT2D eigenvalue weighted by atomic mass is 16.2. The van der Waals surface area contributed by atoms with E-state index in [1.165, 1.54) is 4.90 Å². The zero-order chi connectivity index (χ0) is 13.1. The molecule has 2 aliphatic rings. The molecule has 1 saturated heterocycles. The van der Waals surface area contributed by atoms with Crippen molar-refractivity contribution in [2.24, 2.45) is 11.7 Å². The van der Waals surface area contributed by atoms with E-state index in [1.807, 2.05) is 6.92 Å². The molecule has 0 aromatic rings. The van der Waals surface area contributed by atoms with E-state index < -0.39 is 0 Å². The lowest BCUT2D eigenvalue weighted by Gasteiger charge is -2.35. The summed E-state index contributed by atoms with van der Waals surface area (Å²) in [6, 6.07) is -0.523. The molecule has 1 heterocycles. The Labute approximate surface area is 108 Å². The molecule has 18 heavy (non-hydrogen) atoms. The predicted molar refractivity (Wildman–Crippen MR) is 68.9 cm³/mol. The minimum atomic E-state index is -0.317. The number of amides is 3. The van der Waals surface area contributed by atoms with Crippen LogP contribution in [0.5, 0.6) is 0 Å². The van der Waals surface area contributed by atoms with Crippen molar-refractivity contribution >= 4 is 11.9 Å². The maximum Gasteiger partial charge on any atom is 0.325 e. The number of imide groups is 1. The molecule has 0 spiro atoms. The molecule has 3 atom stereocenters. The van der Waals surface area contributed by atoms with Gasteiger partial charge in [-0.1, -0.05) is 26.2 Å². The maximum absolute atomic E-state index is 12.3. The molecule has 2 fully saturated rings. The van der Waals surface area contributed by atoms with Gasteiger partial charge in [-0.3, -0.25) is 9.69 Å². The van der Waals surface area contributed by atoms with Crippen LogP contribution in [0.4, 0.5) is 4.79 Å².